The lowest BCUT2D eigenvalue weighted by molar-refractivity contribution is 0.0975. The fourth-order valence-corrected chi connectivity index (χ4v) is 2.95. The molecule has 2 aromatic carbocycles. The molecule has 0 unspecified atom stereocenters. The van der Waals surface area contributed by atoms with Gasteiger partial charge < -0.3 is 0 Å². The van der Waals surface area contributed by atoms with Gasteiger partial charge in [0.25, 0.3) is 10.6 Å². The Hall–Kier alpha value is -2.20. The molecule has 3 aromatic rings. The molecule has 0 aliphatic rings. The van der Waals surface area contributed by atoms with Gasteiger partial charge in [-0.05, 0) is 42.2 Å². The van der Waals surface area contributed by atoms with Gasteiger partial charge in [-0.25, -0.2) is 3.96 Å². The first-order valence-electron chi connectivity index (χ1n) is 5.90. The topological polar surface area (TPSA) is 39.1 Å². The summed E-state index contributed by atoms with van der Waals surface area (Å²) in [6, 6.07) is 14.6. The summed E-state index contributed by atoms with van der Waals surface area (Å²) >= 11 is 0.951. The Bertz CT molecular complexity index is 829. The van der Waals surface area contributed by atoms with Gasteiger partial charge in [0.1, 0.15) is 0 Å². The first-order valence-corrected chi connectivity index (χ1v) is 6.67. The van der Waals surface area contributed by atoms with Crippen LogP contribution in [0.15, 0.2) is 53.3 Å². The van der Waals surface area contributed by atoms with Crippen molar-refractivity contribution in [2.75, 3.05) is 0 Å². The van der Waals surface area contributed by atoms with Crippen molar-refractivity contribution in [3.8, 4) is 0 Å². The average molecular weight is 269 g/mol. The Morgan fingerprint density at radius 1 is 1.05 bits per heavy atom. The number of carbonyl (C=O) groups is 1. The molecule has 0 saturated heterocycles. The van der Waals surface area contributed by atoms with E-state index in [1.54, 1.807) is 24.3 Å². The van der Waals surface area contributed by atoms with Crippen LogP contribution < -0.4 is 4.74 Å². The van der Waals surface area contributed by atoms with Crippen LogP contribution in [-0.2, 0) is 0 Å². The lowest BCUT2D eigenvalue weighted by atomic mass is 10.1. The van der Waals surface area contributed by atoms with Gasteiger partial charge in [0.05, 0.1) is 10.9 Å². The maximum Gasteiger partial charge on any atom is 0.272 e. The monoisotopic (exact) mass is 269 g/mol. The summed E-state index contributed by atoms with van der Waals surface area (Å²) in [7, 11) is 0. The molecule has 0 saturated carbocycles. The van der Waals surface area contributed by atoms with Gasteiger partial charge in [-0.3, -0.25) is 9.59 Å². The molecule has 0 amide bonds. The number of fused-ring (bicyclic) bond motifs is 1. The molecule has 0 aliphatic heterocycles. The van der Waals surface area contributed by atoms with Crippen LogP contribution in [0, 0.1) is 6.92 Å². The van der Waals surface area contributed by atoms with E-state index >= 15 is 0 Å². The molecule has 0 N–H and O–H groups in total. The summed E-state index contributed by atoms with van der Waals surface area (Å²) in [5.74, 6) is -0.151. The van der Waals surface area contributed by atoms with Crippen LogP contribution in [0.4, 0.5) is 0 Å². The zero-order chi connectivity index (χ0) is 13.4. The van der Waals surface area contributed by atoms with Gasteiger partial charge in [0, 0.05) is 5.56 Å². The number of hydrogen-bond donors (Lipinski definition) is 0. The Kier molecular flexibility index (Phi) is 2.80. The van der Waals surface area contributed by atoms with Crippen molar-refractivity contribution in [3.05, 3.63) is 69.2 Å². The highest BCUT2D eigenvalue weighted by atomic mass is 32.1. The van der Waals surface area contributed by atoms with Crippen LogP contribution in [0.1, 0.15) is 15.9 Å². The Morgan fingerprint density at radius 3 is 2.53 bits per heavy atom. The highest BCUT2D eigenvalue weighted by Gasteiger charge is 2.16. The highest BCUT2D eigenvalue weighted by Crippen LogP contribution is 2.17. The summed E-state index contributed by atoms with van der Waals surface area (Å²) in [4.78, 5) is 24.4. The van der Waals surface area contributed by atoms with Crippen molar-refractivity contribution in [1.29, 1.82) is 0 Å². The number of aryl methyl sites for hydroxylation is 1. The summed E-state index contributed by atoms with van der Waals surface area (Å²) in [6.45, 7) is 1.89. The molecule has 0 atom stereocenters. The molecule has 0 fully saturated rings. The number of para-hydroxylation sites is 1. The predicted molar refractivity (Wildman–Crippen MR) is 77.0 cm³/mol. The van der Waals surface area contributed by atoms with Crippen molar-refractivity contribution in [2.24, 2.45) is 0 Å². The molecule has 0 aliphatic carbocycles. The Labute approximate surface area is 113 Å². The van der Waals surface area contributed by atoms with Gasteiger partial charge in [-0.15, -0.1) is 0 Å². The third-order valence-electron chi connectivity index (χ3n) is 3.08. The van der Waals surface area contributed by atoms with E-state index in [1.165, 1.54) is 3.96 Å². The molecule has 3 nitrogen and oxygen atoms in total. The van der Waals surface area contributed by atoms with Crippen molar-refractivity contribution >= 4 is 28.3 Å². The number of benzene rings is 2. The minimum atomic E-state index is -0.151. The molecule has 0 bridgehead atoms. The maximum atomic E-state index is 12.5. The largest absolute Gasteiger partial charge is 0.276 e. The average Bonchev–Trinajstić information content (AvgIpc) is 2.77. The van der Waals surface area contributed by atoms with Crippen LogP contribution >= 0.6 is 11.5 Å². The molecule has 0 spiro atoms. The zero-order valence-corrected chi connectivity index (χ0v) is 11.1. The van der Waals surface area contributed by atoms with E-state index in [2.05, 4.69) is 0 Å². The number of hydrogen-bond acceptors (Lipinski definition) is 3. The van der Waals surface area contributed by atoms with E-state index in [0.29, 0.717) is 16.5 Å². The van der Waals surface area contributed by atoms with Crippen molar-refractivity contribution < 1.29 is 4.79 Å². The first kappa shape index (κ1) is 11.9. The second kappa shape index (κ2) is 4.48. The van der Waals surface area contributed by atoms with E-state index < -0.39 is 0 Å². The molecular weight excluding hydrogens is 258 g/mol. The van der Waals surface area contributed by atoms with E-state index in [1.807, 2.05) is 31.2 Å². The van der Waals surface area contributed by atoms with Gasteiger partial charge in [0.2, 0.25) is 0 Å². The molecule has 0 radical (unpaired) electrons. The third-order valence-corrected chi connectivity index (χ3v) is 4.01. The minimum Gasteiger partial charge on any atom is -0.276 e. The molecule has 3 rings (SSSR count). The summed E-state index contributed by atoms with van der Waals surface area (Å²) in [6.07, 6.45) is 0. The minimum absolute atomic E-state index is 0.0856. The van der Waals surface area contributed by atoms with E-state index in [-0.39, 0.29) is 10.6 Å². The van der Waals surface area contributed by atoms with Gasteiger partial charge in [-0.1, -0.05) is 30.3 Å². The lowest BCUT2D eigenvalue weighted by Gasteiger charge is -2.05. The number of nitrogens with zero attached hydrogens (tertiary/aromatic N) is 1. The number of aromatic nitrogens is 1. The number of rotatable bonds is 1. The molecule has 4 heteroatoms. The van der Waals surface area contributed by atoms with Crippen molar-refractivity contribution in [2.45, 2.75) is 6.92 Å². The molecule has 19 heavy (non-hydrogen) atoms. The molecule has 94 valence electrons. The number of carbonyl (C=O) groups excluding carboxylic acids is 1. The Morgan fingerprint density at radius 2 is 1.74 bits per heavy atom. The lowest BCUT2D eigenvalue weighted by Crippen LogP contribution is -2.10. The summed E-state index contributed by atoms with van der Waals surface area (Å²) in [5, 5.41) is 0.592. The van der Waals surface area contributed by atoms with Crippen LogP contribution in [0.2, 0.25) is 0 Å². The van der Waals surface area contributed by atoms with E-state index in [4.69, 9.17) is 0 Å². The van der Waals surface area contributed by atoms with Gasteiger partial charge in [-0.2, -0.15) is 0 Å². The van der Waals surface area contributed by atoms with E-state index in [0.717, 1.165) is 17.1 Å². The maximum absolute atomic E-state index is 12.5. The molecule has 1 aromatic heterocycles. The quantitative estimate of drug-likeness (QED) is 0.681. The molecular formula is C15H11NO2S. The normalized spacial score (nSPS) is 10.8. The highest BCUT2D eigenvalue weighted by molar-refractivity contribution is 7.06. The fourth-order valence-electron chi connectivity index (χ4n) is 2.08. The van der Waals surface area contributed by atoms with Gasteiger partial charge >= 0.3 is 0 Å². The third kappa shape index (κ3) is 1.90. The second-order valence-electron chi connectivity index (χ2n) is 4.31. The Balaban J connectivity index is 2.23. The standard InChI is InChI=1S/C15H11NO2S/c1-10-6-2-3-7-11(10)14(17)16-13-9-5-4-8-12(13)15(18)19-16/h2-9H,1H3. The van der Waals surface area contributed by atoms with Crippen LogP contribution in [0.3, 0.4) is 0 Å². The van der Waals surface area contributed by atoms with Crippen molar-refractivity contribution in [1.82, 2.24) is 3.96 Å². The zero-order valence-electron chi connectivity index (χ0n) is 10.3. The smallest absolute Gasteiger partial charge is 0.272 e. The fraction of sp³-hybridized carbons (Fsp3) is 0.0667. The van der Waals surface area contributed by atoms with Crippen LogP contribution in [0.25, 0.3) is 10.9 Å². The molecule has 1 heterocycles. The summed E-state index contributed by atoms with van der Waals surface area (Å²) in [5.41, 5.74) is 2.20. The second-order valence-corrected chi connectivity index (χ2v) is 5.23. The first-order chi connectivity index (χ1) is 9.18. The predicted octanol–water partition coefficient (Wildman–Crippen LogP) is 3.06. The summed E-state index contributed by atoms with van der Waals surface area (Å²) < 4.78 is 1.39. The van der Waals surface area contributed by atoms with Crippen molar-refractivity contribution in [3.63, 3.8) is 0 Å². The van der Waals surface area contributed by atoms with Crippen LogP contribution in [-0.4, -0.2) is 9.86 Å². The van der Waals surface area contributed by atoms with Gasteiger partial charge in [0.15, 0.2) is 0 Å². The van der Waals surface area contributed by atoms with E-state index in [9.17, 15) is 9.59 Å². The van der Waals surface area contributed by atoms with Crippen LogP contribution in [0.5, 0.6) is 0 Å². The SMILES string of the molecule is Cc1ccccc1C(=O)n1sc(=O)c2ccccc21.